The smallest absolute Gasteiger partial charge is 0.305 e. The summed E-state index contributed by atoms with van der Waals surface area (Å²) in [4.78, 5) is 15.4. The summed E-state index contributed by atoms with van der Waals surface area (Å²) in [6.07, 6.45) is 3.17. The zero-order valence-corrected chi connectivity index (χ0v) is 17.3. The van der Waals surface area contributed by atoms with E-state index in [9.17, 15) is 4.79 Å². The maximum absolute atomic E-state index is 11.1. The zero-order chi connectivity index (χ0) is 20.2. The first-order valence-electron chi connectivity index (χ1n) is 9.93. The summed E-state index contributed by atoms with van der Waals surface area (Å²) in [5.74, 6) is 1.95. The molecule has 1 aromatic carbocycles. The maximum Gasteiger partial charge on any atom is 0.305 e. The van der Waals surface area contributed by atoms with Crippen LogP contribution in [-0.4, -0.2) is 52.5 Å². The van der Waals surface area contributed by atoms with Gasteiger partial charge in [-0.3, -0.25) is 9.79 Å². The topological polar surface area (TPSA) is 81.2 Å². The number of carbonyl (C=O) groups excluding carboxylic acids is 1. The molecule has 1 aliphatic heterocycles. The molecule has 1 aliphatic rings. The summed E-state index contributed by atoms with van der Waals surface area (Å²) in [5.41, 5.74) is 2.27. The number of hydrogen-bond acceptors (Lipinski definition) is 5. The number of nitrogens with zero attached hydrogens (tertiary/aromatic N) is 1. The third-order valence-corrected chi connectivity index (χ3v) is 4.72. The molecule has 1 fully saturated rings. The summed E-state index contributed by atoms with van der Waals surface area (Å²) in [5, 5.41) is 6.60. The van der Waals surface area contributed by atoms with Crippen molar-refractivity contribution < 1.29 is 19.0 Å². The van der Waals surface area contributed by atoms with Crippen LogP contribution in [0.4, 0.5) is 0 Å². The van der Waals surface area contributed by atoms with Crippen molar-refractivity contribution in [2.24, 2.45) is 10.9 Å². The number of rotatable bonds is 10. The van der Waals surface area contributed by atoms with E-state index in [1.807, 2.05) is 0 Å². The van der Waals surface area contributed by atoms with Gasteiger partial charge in [-0.1, -0.05) is 12.1 Å². The fourth-order valence-electron chi connectivity index (χ4n) is 2.97. The van der Waals surface area contributed by atoms with E-state index in [4.69, 9.17) is 9.47 Å². The lowest BCUT2D eigenvalue weighted by Crippen LogP contribution is -2.37. The second-order valence-electron chi connectivity index (χ2n) is 7.04. The van der Waals surface area contributed by atoms with E-state index >= 15 is 0 Å². The molecule has 7 heteroatoms. The molecule has 0 bridgehead atoms. The van der Waals surface area contributed by atoms with Crippen LogP contribution in [-0.2, 0) is 20.8 Å². The Hall–Kier alpha value is -2.28. The predicted molar refractivity (Wildman–Crippen MR) is 110 cm³/mol. The molecule has 2 rings (SSSR count). The highest BCUT2D eigenvalue weighted by Crippen LogP contribution is 2.22. The normalized spacial score (nSPS) is 16.7. The Bertz CT molecular complexity index is 643. The Labute approximate surface area is 167 Å². The number of aliphatic imine (C=N–C) groups is 1. The minimum atomic E-state index is -0.168. The van der Waals surface area contributed by atoms with Crippen molar-refractivity contribution in [3.8, 4) is 5.75 Å². The molecule has 0 radical (unpaired) electrons. The van der Waals surface area contributed by atoms with Crippen LogP contribution in [0.15, 0.2) is 23.2 Å². The molecule has 28 heavy (non-hydrogen) atoms. The average molecular weight is 392 g/mol. The van der Waals surface area contributed by atoms with Gasteiger partial charge in [-0.2, -0.15) is 0 Å². The first kappa shape index (κ1) is 22.0. The third-order valence-electron chi connectivity index (χ3n) is 4.72. The molecule has 156 valence electrons. The molecule has 1 aromatic rings. The second kappa shape index (κ2) is 12.2. The molecule has 1 saturated heterocycles. The van der Waals surface area contributed by atoms with Gasteiger partial charge >= 0.3 is 5.97 Å². The van der Waals surface area contributed by atoms with E-state index in [0.29, 0.717) is 25.5 Å². The van der Waals surface area contributed by atoms with Crippen molar-refractivity contribution in [2.45, 2.75) is 39.2 Å². The van der Waals surface area contributed by atoms with Crippen LogP contribution >= 0.6 is 0 Å². The molecule has 1 heterocycles. The summed E-state index contributed by atoms with van der Waals surface area (Å²) >= 11 is 0. The molecule has 1 atom stereocenters. The molecule has 0 amide bonds. The number of ether oxygens (including phenoxy) is 3. The number of esters is 1. The fourth-order valence-corrected chi connectivity index (χ4v) is 2.97. The van der Waals surface area contributed by atoms with Gasteiger partial charge in [0.2, 0.25) is 0 Å². The van der Waals surface area contributed by atoms with Crippen LogP contribution in [0, 0.1) is 12.8 Å². The van der Waals surface area contributed by atoms with Crippen LogP contribution in [0.5, 0.6) is 5.75 Å². The summed E-state index contributed by atoms with van der Waals surface area (Å²) in [6, 6.07) is 6.26. The standard InChI is InChI=1S/C21H33N3O4/c1-16-7-8-18(19(12-16)28-15-17-9-11-27-14-17)13-24-21(22-2)23-10-5-4-6-20(25)26-3/h7-8,12,17H,4-6,9-11,13-15H2,1-3H3,(H2,22,23,24). The van der Waals surface area contributed by atoms with Crippen LogP contribution in [0.2, 0.25) is 0 Å². The lowest BCUT2D eigenvalue weighted by Gasteiger charge is -2.17. The first-order chi connectivity index (χ1) is 13.6. The van der Waals surface area contributed by atoms with Gasteiger partial charge in [0.05, 0.1) is 20.3 Å². The van der Waals surface area contributed by atoms with Crippen molar-refractivity contribution in [2.75, 3.05) is 40.5 Å². The molecule has 0 aromatic heterocycles. The minimum absolute atomic E-state index is 0.168. The monoisotopic (exact) mass is 391 g/mol. The number of aryl methyl sites for hydroxylation is 1. The molecule has 2 N–H and O–H groups in total. The molecule has 0 saturated carbocycles. The van der Waals surface area contributed by atoms with E-state index in [2.05, 4.69) is 45.5 Å². The van der Waals surface area contributed by atoms with E-state index in [-0.39, 0.29) is 5.97 Å². The number of unbranched alkanes of at least 4 members (excludes halogenated alkanes) is 1. The number of guanidine groups is 1. The van der Waals surface area contributed by atoms with Gasteiger partial charge in [0.15, 0.2) is 5.96 Å². The Morgan fingerprint density at radius 2 is 2.18 bits per heavy atom. The summed E-state index contributed by atoms with van der Waals surface area (Å²) in [7, 11) is 3.16. The van der Waals surface area contributed by atoms with E-state index in [0.717, 1.165) is 56.3 Å². The highest BCUT2D eigenvalue weighted by molar-refractivity contribution is 5.79. The lowest BCUT2D eigenvalue weighted by molar-refractivity contribution is -0.140. The zero-order valence-electron chi connectivity index (χ0n) is 17.3. The van der Waals surface area contributed by atoms with Crippen LogP contribution in [0.25, 0.3) is 0 Å². The van der Waals surface area contributed by atoms with Crippen molar-refractivity contribution in [1.29, 1.82) is 0 Å². The van der Waals surface area contributed by atoms with Gasteiger partial charge in [-0.15, -0.1) is 0 Å². The Morgan fingerprint density at radius 1 is 1.32 bits per heavy atom. The molecule has 0 spiro atoms. The molecule has 1 unspecified atom stereocenters. The number of methoxy groups -OCH3 is 1. The van der Waals surface area contributed by atoms with Crippen molar-refractivity contribution >= 4 is 11.9 Å². The number of carbonyl (C=O) groups is 1. The third kappa shape index (κ3) is 7.76. The predicted octanol–water partition coefficient (Wildman–Crippen LogP) is 2.42. The molecular formula is C21H33N3O4. The molecule has 7 nitrogen and oxygen atoms in total. The number of benzene rings is 1. The van der Waals surface area contributed by atoms with E-state index in [1.54, 1.807) is 7.05 Å². The van der Waals surface area contributed by atoms with Gasteiger partial charge in [-0.05, 0) is 37.8 Å². The van der Waals surface area contributed by atoms with Crippen molar-refractivity contribution in [3.63, 3.8) is 0 Å². The Morgan fingerprint density at radius 3 is 2.89 bits per heavy atom. The van der Waals surface area contributed by atoms with Crippen molar-refractivity contribution in [1.82, 2.24) is 10.6 Å². The Kier molecular flexibility index (Phi) is 9.62. The largest absolute Gasteiger partial charge is 0.493 e. The number of nitrogens with one attached hydrogen (secondary N) is 2. The first-order valence-corrected chi connectivity index (χ1v) is 9.93. The maximum atomic E-state index is 11.1. The second-order valence-corrected chi connectivity index (χ2v) is 7.04. The van der Waals surface area contributed by atoms with Gasteiger partial charge in [0, 0.05) is 44.6 Å². The van der Waals surface area contributed by atoms with E-state index < -0.39 is 0 Å². The molecule has 0 aliphatic carbocycles. The minimum Gasteiger partial charge on any atom is -0.493 e. The van der Waals surface area contributed by atoms with Crippen LogP contribution < -0.4 is 15.4 Å². The average Bonchev–Trinajstić information content (AvgIpc) is 3.22. The SMILES string of the molecule is CN=C(NCCCCC(=O)OC)NCc1ccc(C)cc1OCC1CCOC1. The highest BCUT2D eigenvalue weighted by atomic mass is 16.5. The van der Waals surface area contributed by atoms with E-state index in [1.165, 1.54) is 12.7 Å². The highest BCUT2D eigenvalue weighted by Gasteiger charge is 2.17. The van der Waals surface area contributed by atoms with Crippen molar-refractivity contribution in [3.05, 3.63) is 29.3 Å². The number of hydrogen-bond donors (Lipinski definition) is 2. The van der Waals surface area contributed by atoms with Crippen LogP contribution in [0.1, 0.15) is 36.8 Å². The fraction of sp³-hybridized carbons (Fsp3) is 0.619. The summed E-state index contributed by atoms with van der Waals surface area (Å²) in [6.45, 7) is 5.74. The van der Waals surface area contributed by atoms with Gasteiger partial charge in [0.1, 0.15) is 5.75 Å². The van der Waals surface area contributed by atoms with Gasteiger partial charge in [-0.25, -0.2) is 0 Å². The van der Waals surface area contributed by atoms with Gasteiger partial charge < -0.3 is 24.8 Å². The van der Waals surface area contributed by atoms with Gasteiger partial charge in [0.25, 0.3) is 0 Å². The molecular weight excluding hydrogens is 358 g/mol. The summed E-state index contributed by atoms with van der Waals surface area (Å²) < 4.78 is 16.2. The Balaban J connectivity index is 1.78. The van der Waals surface area contributed by atoms with Crippen LogP contribution in [0.3, 0.4) is 0 Å². The lowest BCUT2D eigenvalue weighted by atomic mass is 10.1. The quantitative estimate of drug-likeness (QED) is 0.276.